The summed E-state index contributed by atoms with van der Waals surface area (Å²) in [7, 11) is 1.66. The van der Waals surface area contributed by atoms with Gasteiger partial charge in [0.25, 0.3) is 0 Å². The number of nitrogens with zero attached hydrogens (tertiary/aromatic N) is 2. The molecule has 0 aliphatic heterocycles. The lowest BCUT2D eigenvalue weighted by Crippen LogP contribution is -2.32. The monoisotopic (exact) mass is 332 g/mol. The Kier molecular flexibility index (Phi) is 7.00. The second kappa shape index (κ2) is 9.23. The molecule has 0 bridgehead atoms. The summed E-state index contributed by atoms with van der Waals surface area (Å²) in [4.78, 5) is 14.0. The molecule has 0 aliphatic carbocycles. The van der Waals surface area contributed by atoms with Gasteiger partial charge in [-0.3, -0.25) is 4.79 Å². The molecule has 24 heavy (non-hydrogen) atoms. The molecule has 0 radical (unpaired) electrons. The molecule has 130 valence electrons. The van der Waals surface area contributed by atoms with Crippen LogP contribution in [0.15, 0.2) is 42.6 Å². The number of aromatic nitrogens is 1. The zero-order valence-electron chi connectivity index (χ0n) is 14.4. The Morgan fingerprint density at radius 3 is 2.83 bits per heavy atom. The average molecular weight is 332 g/mol. The van der Waals surface area contributed by atoms with Crippen molar-refractivity contribution >= 4 is 5.91 Å². The fraction of sp³-hybridized carbons (Fsp3) is 0.421. The van der Waals surface area contributed by atoms with Gasteiger partial charge in [-0.2, -0.15) is 0 Å². The summed E-state index contributed by atoms with van der Waals surface area (Å²) >= 11 is 0. The summed E-state index contributed by atoms with van der Waals surface area (Å²) in [5, 5.41) is 0. The van der Waals surface area contributed by atoms with Crippen LogP contribution in [-0.2, 0) is 22.6 Å². The van der Waals surface area contributed by atoms with Crippen LogP contribution in [0.4, 0.5) is 4.39 Å². The maximum Gasteiger partial charge on any atom is 0.222 e. The van der Waals surface area contributed by atoms with Gasteiger partial charge in [0.1, 0.15) is 5.82 Å². The van der Waals surface area contributed by atoms with Crippen molar-refractivity contribution in [3.63, 3.8) is 0 Å². The van der Waals surface area contributed by atoms with Crippen molar-refractivity contribution in [2.75, 3.05) is 20.3 Å². The van der Waals surface area contributed by atoms with Crippen molar-refractivity contribution in [3.8, 4) is 0 Å². The van der Waals surface area contributed by atoms with Crippen molar-refractivity contribution in [2.45, 2.75) is 32.9 Å². The molecular formula is C19H25FN2O2. The molecule has 0 spiro atoms. The molecule has 0 unspecified atom stereocenters. The topological polar surface area (TPSA) is 34.5 Å². The first-order valence-corrected chi connectivity index (χ1v) is 8.29. The lowest BCUT2D eigenvalue weighted by Gasteiger charge is -2.23. The molecule has 1 amide bonds. The normalized spacial score (nSPS) is 10.8. The molecule has 4 nitrogen and oxygen atoms in total. The van der Waals surface area contributed by atoms with Crippen molar-refractivity contribution < 1.29 is 13.9 Å². The zero-order valence-corrected chi connectivity index (χ0v) is 14.4. The minimum absolute atomic E-state index is 0.129. The fourth-order valence-electron chi connectivity index (χ4n) is 2.69. The molecule has 1 heterocycles. The van der Waals surface area contributed by atoms with E-state index in [2.05, 4.69) is 4.57 Å². The van der Waals surface area contributed by atoms with Gasteiger partial charge < -0.3 is 14.2 Å². The number of carbonyl (C=O) groups is 1. The van der Waals surface area contributed by atoms with Gasteiger partial charge in [0.15, 0.2) is 0 Å². The van der Waals surface area contributed by atoms with Gasteiger partial charge in [-0.15, -0.1) is 0 Å². The standard InChI is InChI=1S/C19H25FN2O2/c1-3-19(23)22(11-6-12-24-2)15-18-9-5-10-21(18)14-16-7-4-8-17(20)13-16/h4-5,7-10,13H,3,6,11-12,14-15H2,1-2H3. The Hall–Kier alpha value is -2.14. The van der Waals surface area contributed by atoms with Crippen molar-refractivity contribution in [1.82, 2.24) is 9.47 Å². The van der Waals surface area contributed by atoms with Gasteiger partial charge in [0, 0.05) is 45.1 Å². The molecular weight excluding hydrogens is 307 g/mol. The molecule has 0 saturated carbocycles. The Balaban J connectivity index is 2.07. The van der Waals surface area contributed by atoms with Gasteiger partial charge in [-0.25, -0.2) is 4.39 Å². The lowest BCUT2D eigenvalue weighted by molar-refractivity contribution is -0.131. The number of carbonyl (C=O) groups excluding carboxylic acids is 1. The number of methoxy groups -OCH3 is 1. The van der Waals surface area contributed by atoms with Crippen LogP contribution in [-0.4, -0.2) is 35.6 Å². The van der Waals surface area contributed by atoms with Crippen molar-refractivity contribution in [1.29, 1.82) is 0 Å². The summed E-state index contributed by atoms with van der Waals surface area (Å²) in [5.41, 5.74) is 1.94. The van der Waals surface area contributed by atoms with Crippen LogP contribution in [0, 0.1) is 5.82 Å². The van der Waals surface area contributed by atoms with Gasteiger partial charge in [-0.05, 0) is 36.2 Å². The van der Waals surface area contributed by atoms with E-state index in [1.807, 2.05) is 36.2 Å². The predicted octanol–water partition coefficient (Wildman–Crippen LogP) is 3.45. The average Bonchev–Trinajstić information content (AvgIpc) is 3.00. The highest BCUT2D eigenvalue weighted by atomic mass is 19.1. The molecule has 0 fully saturated rings. The molecule has 0 saturated heterocycles. The SMILES string of the molecule is CCC(=O)N(CCCOC)Cc1cccn1Cc1cccc(F)c1. The van der Waals surface area contributed by atoms with Crippen LogP contribution in [0.1, 0.15) is 31.0 Å². The quantitative estimate of drug-likeness (QED) is 0.659. The summed E-state index contributed by atoms with van der Waals surface area (Å²) in [6, 6.07) is 10.6. The molecule has 5 heteroatoms. The first kappa shape index (κ1) is 18.2. The first-order valence-electron chi connectivity index (χ1n) is 8.29. The Morgan fingerprint density at radius 2 is 2.12 bits per heavy atom. The molecule has 0 aliphatic rings. The van der Waals surface area contributed by atoms with E-state index in [9.17, 15) is 9.18 Å². The molecule has 2 rings (SSSR count). The van der Waals surface area contributed by atoms with Crippen LogP contribution in [0.2, 0.25) is 0 Å². The smallest absolute Gasteiger partial charge is 0.222 e. The number of benzene rings is 1. The lowest BCUT2D eigenvalue weighted by atomic mass is 10.2. The second-order valence-electron chi connectivity index (χ2n) is 5.77. The number of rotatable bonds is 9. The van der Waals surface area contributed by atoms with Crippen LogP contribution < -0.4 is 0 Å². The third kappa shape index (κ3) is 5.20. The third-order valence-electron chi connectivity index (χ3n) is 3.95. The number of hydrogen-bond acceptors (Lipinski definition) is 2. The minimum Gasteiger partial charge on any atom is -0.385 e. The van der Waals surface area contributed by atoms with Crippen LogP contribution in [0.3, 0.4) is 0 Å². The molecule has 0 N–H and O–H groups in total. The van der Waals surface area contributed by atoms with Crippen molar-refractivity contribution in [3.05, 3.63) is 59.7 Å². The van der Waals surface area contributed by atoms with Gasteiger partial charge in [-0.1, -0.05) is 19.1 Å². The van der Waals surface area contributed by atoms with E-state index >= 15 is 0 Å². The van der Waals surface area contributed by atoms with E-state index in [0.29, 0.717) is 32.7 Å². The van der Waals surface area contributed by atoms with E-state index in [1.165, 1.54) is 12.1 Å². The molecule has 2 aromatic rings. The molecule has 0 atom stereocenters. The maximum atomic E-state index is 13.4. The van der Waals surface area contributed by atoms with Crippen molar-refractivity contribution in [2.24, 2.45) is 0 Å². The highest BCUT2D eigenvalue weighted by molar-refractivity contribution is 5.75. The summed E-state index contributed by atoms with van der Waals surface area (Å²) in [6.07, 6.45) is 3.26. The van der Waals surface area contributed by atoms with E-state index in [1.54, 1.807) is 13.2 Å². The van der Waals surface area contributed by atoms with E-state index in [-0.39, 0.29) is 11.7 Å². The number of amides is 1. The fourth-order valence-corrected chi connectivity index (χ4v) is 2.69. The minimum atomic E-state index is -0.233. The molecule has 1 aromatic carbocycles. The largest absolute Gasteiger partial charge is 0.385 e. The Labute approximate surface area is 142 Å². The summed E-state index contributed by atoms with van der Waals surface area (Å²) in [6.45, 7) is 4.33. The maximum absolute atomic E-state index is 13.4. The number of ether oxygens (including phenoxy) is 1. The highest BCUT2D eigenvalue weighted by Crippen LogP contribution is 2.13. The molecule has 1 aromatic heterocycles. The van der Waals surface area contributed by atoms with Gasteiger partial charge >= 0.3 is 0 Å². The van der Waals surface area contributed by atoms with E-state index < -0.39 is 0 Å². The second-order valence-corrected chi connectivity index (χ2v) is 5.77. The summed E-state index contributed by atoms with van der Waals surface area (Å²) < 4.78 is 20.5. The zero-order chi connectivity index (χ0) is 17.4. The highest BCUT2D eigenvalue weighted by Gasteiger charge is 2.14. The summed E-state index contributed by atoms with van der Waals surface area (Å²) in [5.74, 6) is -0.104. The number of hydrogen-bond donors (Lipinski definition) is 0. The Bertz CT molecular complexity index is 654. The first-order chi connectivity index (χ1) is 11.6. The van der Waals surface area contributed by atoms with E-state index in [0.717, 1.165) is 17.7 Å². The van der Waals surface area contributed by atoms with E-state index in [4.69, 9.17) is 4.74 Å². The Morgan fingerprint density at radius 1 is 1.29 bits per heavy atom. The predicted molar refractivity (Wildman–Crippen MR) is 92.1 cm³/mol. The van der Waals surface area contributed by atoms with Crippen LogP contribution >= 0.6 is 0 Å². The van der Waals surface area contributed by atoms with Crippen LogP contribution in [0.5, 0.6) is 0 Å². The van der Waals surface area contributed by atoms with Crippen LogP contribution in [0.25, 0.3) is 0 Å². The number of halogens is 1. The van der Waals surface area contributed by atoms with Gasteiger partial charge in [0.2, 0.25) is 5.91 Å². The van der Waals surface area contributed by atoms with Gasteiger partial charge in [0.05, 0.1) is 6.54 Å². The third-order valence-corrected chi connectivity index (χ3v) is 3.95.